The van der Waals surface area contributed by atoms with Gasteiger partial charge in [-0.3, -0.25) is 9.59 Å². The highest BCUT2D eigenvalue weighted by atomic mass is 16.5. The molecule has 3 heteroatoms. The lowest BCUT2D eigenvalue weighted by molar-refractivity contribution is -0.140. The highest BCUT2D eigenvalue weighted by Gasteiger charge is 2.28. The third kappa shape index (κ3) is 7.24. The fraction of sp³-hybridized carbons (Fsp3) is 0.789. The summed E-state index contributed by atoms with van der Waals surface area (Å²) >= 11 is 0. The van der Waals surface area contributed by atoms with Crippen LogP contribution in [0.2, 0.25) is 0 Å². The monoisotopic (exact) mass is 308 g/mol. The predicted octanol–water partition coefficient (Wildman–Crippen LogP) is 4.84. The van der Waals surface area contributed by atoms with Gasteiger partial charge in [0.15, 0.2) is 5.78 Å². The van der Waals surface area contributed by atoms with E-state index >= 15 is 0 Å². The summed E-state index contributed by atoms with van der Waals surface area (Å²) in [4.78, 5) is 22.9. The summed E-state index contributed by atoms with van der Waals surface area (Å²) in [5, 5.41) is 0. The van der Waals surface area contributed by atoms with Crippen LogP contribution in [0.1, 0.15) is 77.6 Å². The molecule has 0 heterocycles. The summed E-state index contributed by atoms with van der Waals surface area (Å²) in [5.41, 5.74) is 0. The third-order valence-corrected chi connectivity index (χ3v) is 4.65. The van der Waals surface area contributed by atoms with Crippen LogP contribution < -0.4 is 0 Å². The fourth-order valence-electron chi connectivity index (χ4n) is 3.24. The van der Waals surface area contributed by atoms with Gasteiger partial charge in [0.05, 0.1) is 7.11 Å². The molecule has 3 nitrogen and oxygen atoms in total. The molecule has 1 rings (SSSR count). The maximum atomic E-state index is 11.9. The van der Waals surface area contributed by atoms with Gasteiger partial charge in [0.2, 0.25) is 0 Å². The average Bonchev–Trinajstić information content (AvgIpc) is 2.87. The molecule has 0 amide bonds. The van der Waals surface area contributed by atoms with Crippen molar-refractivity contribution in [3.8, 4) is 0 Å². The first-order chi connectivity index (χ1) is 10.7. The molecule has 0 saturated carbocycles. The second-order valence-corrected chi connectivity index (χ2v) is 6.41. The van der Waals surface area contributed by atoms with E-state index in [4.69, 9.17) is 0 Å². The predicted molar refractivity (Wildman–Crippen MR) is 89.6 cm³/mol. The number of rotatable bonds is 12. The topological polar surface area (TPSA) is 43.4 Å². The molecule has 0 aromatic carbocycles. The molecule has 126 valence electrons. The molecule has 2 atom stereocenters. The Balaban J connectivity index is 2.09. The molecule has 0 aliphatic heterocycles. The summed E-state index contributed by atoms with van der Waals surface area (Å²) in [7, 11) is 1.44. The van der Waals surface area contributed by atoms with Gasteiger partial charge >= 0.3 is 5.97 Å². The van der Waals surface area contributed by atoms with Crippen molar-refractivity contribution in [2.75, 3.05) is 7.11 Å². The number of ketones is 1. The summed E-state index contributed by atoms with van der Waals surface area (Å²) in [6.45, 7) is 2.20. The first-order valence-corrected chi connectivity index (χ1v) is 8.98. The molecule has 1 aliphatic carbocycles. The molecular formula is C19H32O3. The molecule has 0 saturated heterocycles. The first kappa shape index (κ1) is 18.9. The lowest BCUT2D eigenvalue weighted by Crippen LogP contribution is -2.16. The lowest BCUT2D eigenvalue weighted by atomic mass is 9.86. The normalized spacial score (nSPS) is 20.5. The van der Waals surface area contributed by atoms with Crippen molar-refractivity contribution in [3.05, 3.63) is 12.2 Å². The molecule has 0 aromatic rings. The van der Waals surface area contributed by atoms with Crippen LogP contribution in [-0.2, 0) is 14.3 Å². The number of methoxy groups -OCH3 is 1. The summed E-state index contributed by atoms with van der Waals surface area (Å²) in [6, 6.07) is 0. The van der Waals surface area contributed by atoms with Crippen molar-refractivity contribution in [1.29, 1.82) is 0 Å². The van der Waals surface area contributed by atoms with E-state index in [0.717, 1.165) is 25.7 Å². The molecule has 22 heavy (non-hydrogen) atoms. The van der Waals surface area contributed by atoms with E-state index in [-0.39, 0.29) is 11.9 Å². The minimum absolute atomic E-state index is 0.107. The van der Waals surface area contributed by atoms with Crippen molar-refractivity contribution in [2.24, 2.45) is 11.8 Å². The largest absolute Gasteiger partial charge is 0.469 e. The zero-order chi connectivity index (χ0) is 16.2. The Morgan fingerprint density at radius 3 is 2.45 bits per heavy atom. The van der Waals surface area contributed by atoms with Crippen LogP contribution in [0.15, 0.2) is 12.2 Å². The van der Waals surface area contributed by atoms with Crippen molar-refractivity contribution >= 4 is 11.8 Å². The van der Waals surface area contributed by atoms with Crippen molar-refractivity contribution in [3.63, 3.8) is 0 Å². The molecule has 0 fully saturated rings. The highest BCUT2D eigenvalue weighted by Crippen LogP contribution is 2.31. The Hall–Kier alpha value is -1.12. The Morgan fingerprint density at radius 1 is 1.05 bits per heavy atom. The third-order valence-electron chi connectivity index (χ3n) is 4.65. The van der Waals surface area contributed by atoms with Gasteiger partial charge in [-0.1, -0.05) is 57.9 Å². The molecule has 1 aliphatic rings. The molecular weight excluding hydrogens is 276 g/mol. The average molecular weight is 308 g/mol. The summed E-state index contributed by atoms with van der Waals surface area (Å²) in [6.07, 6.45) is 15.9. The Kier molecular flexibility index (Phi) is 9.85. The standard InChI is InChI=1S/C19H32O3/c1-3-4-8-12-17-16(14-15-18(17)20)11-9-6-5-7-10-13-19(21)22-2/h14-17H,3-13H2,1-2H3. The minimum atomic E-state index is -0.107. The molecule has 0 spiro atoms. The van der Waals surface area contributed by atoms with Crippen LogP contribution >= 0.6 is 0 Å². The number of allylic oxidation sites excluding steroid dienone is 2. The van der Waals surface area contributed by atoms with E-state index in [1.165, 1.54) is 45.6 Å². The fourth-order valence-corrected chi connectivity index (χ4v) is 3.24. The maximum absolute atomic E-state index is 11.9. The van der Waals surface area contributed by atoms with Crippen molar-refractivity contribution in [1.82, 2.24) is 0 Å². The Bertz CT molecular complexity index is 360. The van der Waals surface area contributed by atoms with Crippen LogP contribution in [0.5, 0.6) is 0 Å². The molecule has 0 aromatic heterocycles. The first-order valence-electron chi connectivity index (χ1n) is 8.98. The van der Waals surface area contributed by atoms with Gasteiger partial charge in [0.1, 0.15) is 0 Å². The number of carbonyl (C=O) groups is 2. The summed E-state index contributed by atoms with van der Waals surface area (Å²) in [5.74, 6) is 0.967. The Labute approximate surface area is 135 Å². The second kappa shape index (κ2) is 11.4. The zero-order valence-electron chi connectivity index (χ0n) is 14.3. The van der Waals surface area contributed by atoms with Gasteiger partial charge in [0.25, 0.3) is 0 Å². The van der Waals surface area contributed by atoms with Gasteiger partial charge in [0, 0.05) is 12.3 Å². The van der Waals surface area contributed by atoms with Gasteiger partial charge in [-0.05, 0) is 31.3 Å². The van der Waals surface area contributed by atoms with Crippen LogP contribution in [-0.4, -0.2) is 18.9 Å². The number of ether oxygens (including phenoxy) is 1. The molecule has 0 bridgehead atoms. The zero-order valence-corrected chi connectivity index (χ0v) is 14.3. The van der Waals surface area contributed by atoms with E-state index < -0.39 is 0 Å². The van der Waals surface area contributed by atoms with Crippen LogP contribution in [0.3, 0.4) is 0 Å². The van der Waals surface area contributed by atoms with Gasteiger partial charge in [-0.15, -0.1) is 0 Å². The summed E-state index contributed by atoms with van der Waals surface area (Å²) < 4.78 is 4.63. The minimum Gasteiger partial charge on any atom is -0.469 e. The SMILES string of the molecule is CCCCCC1C(=O)C=CC1CCCCCCCC(=O)OC. The van der Waals surface area contributed by atoms with Gasteiger partial charge in [-0.2, -0.15) is 0 Å². The number of hydrogen-bond acceptors (Lipinski definition) is 3. The van der Waals surface area contributed by atoms with E-state index in [0.29, 0.717) is 18.1 Å². The van der Waals surface area contributed by atoms with Crippen LogP contribution in [0.25, 0.3) is 0 Å². The van der Waals surface area contributed by atoms with E-state index in [2.05, 4.69) is 17.7 Å². The van der Waals surface area contributed by atoms with Crippen LogP contribution in [0, 0.1) is 11.8 Å². The van der Waals surface area contributed by atoms with Crippen molar-refractivity contribution in [2.45, 2.75) is 77.6 Å². The lowest BCUT2D eigenvalue weighted by Gasteiger charge is -2.17. The molecule has 0 radical (unpaired) electrons. The molecule has 0 N–H and O–H groups in total. The van der Waals surface area contributed by atoms with E-state index in [1.807, 2.05) is 0 Å². The maximum Gasteiger partial charge on any atom is 0.305 e. The quantitative estimate of drug-likeness (QED) is 0.382. The van der Waals surface area contributed by atoms with Gasteiger partial charge < -0.3 is 4.74 Å². The Morgan fingerprint density at radius 2 is 1.73 bits per heavy atom. The highest BCUT2D eigenvalue weighted by molar-refractivity contribution is 5.94. The smallest absolute Gasteiger partial charge is 0.305 e. The van der Waals surface area contributed by atoms with E-state index in [9.17, 15) is 9.59 Å². The van der Waals surface area contributed by atoms with Crippen molar-refractivity contribution < 1.29 is 14.3 Å². The van der Waals surface area contributed by atoms with Crippen LogP contribution in [0.4, 0.5) is 0 Å². The van der Waals surface area contributed by atoms with E-state index in [1.54, 1.807) is 6.08 Å². The molecule has 2 unspecified atom stereocenters. The van der Waals surface area contributed by atoms with Gasteiger partial charge in [-0.25, -0.2) is 0 Å². The number of esters is 1. The second-order valence-electron chi connectivity index (χ2n) is 6.41. The number of carbonyl (C=O) groups excluding carboxylic acids is 2. The number of hydrogen-bond donors (Lipinski definition) is 0. The number of unbranched alkanes of at least 4 members (excludes halogenated alkanes) is 6.